The van der Waals surface area contributed by atoms with E-state index in [1.165, 1.54) is 0 Å². The molecule has 4 nitrogen and oxygen atoms in total. The molecule has 0 saturated carbocycles. The van der Waals surface area contributed by atoms with Crippen molar-refractivity contribution in [2.24, 2.45) is 0 Å². The molecule has 0 aromatic heterocycles. The minimum Gasteiger partial charge on any atom is -0.478 e. The Morgan fingerprint density at radius 2 is 1.33 bits per heavy atom. The summed E-state index contributed by atoms with van der Waals surface area (Å²) in [4.78, 5) is 22.0. The van der Waals surface area contributed by atoms with E-state index in [1.54, 1.807) is 36.4 Å². The monoisotopic (exact) mass is 362 g/mol. The van der Waals surface area contributed by atoms with Gasteiger partial charge in [-0.1, -0.05) is 67.6 Å². The topological polar surface area (TPSA) is 63.6 Å². The van der Waals surface area contributed by atoms with Crippen molar-refractivity contribution in [1.82, 2.24) is 0 Å². The third-order valence-corrected chi connectivity index (χ3v) is 3.66. The molecule has 0 unspecified atom stereocenters. The number of rotatable bonds is 5. The van der Waals surface area contributed by atoms with Crippen molar-refractivity contribution in [3.05, 3.63) is 96.1 Å². The first-order valence-electron chi connectivity index (χ1n) is 8.72. The Bertz CT molecular complexity index is 858. The quantitative estimate of drug-likeness (QED) is 0.625. The molecule has 0 radical (unpaired) electrons. The van der Waals surface area contributed by atoms with Gasteiger partial charge in [-0.15, -0.1) is 0 Å². The number of aromatic carboxylic acids is 1. The van der Waals surface area contributed by atoms with E-state index in [-0.39, 0.29) is 5.97 Å². The smallest absolute Gasteiger partial charge is 0.338 e. The summed E-state index contributed by atoms with van der Waals surface area (Å²) in [5, 5.41) is 8.38. The lowest BCUT2D eigenvalue weighted by Crippen LogP contribution is -2.05. The first kappa shape index (κ1) is 19.9. The van der Waals surface area contributed by atoms with E-state index in [0.717, 1.165) is 17.5 Å². The van der Waals surface area contributed by atoms with E-state index in [4.69, 9.17) is 9.84 Å². The normalized spacial score (nSPS) is 9.67. The van der Waals surface area contributed by atoms with Crippen molar-refractivity contribution in [2.45, 2.75) is 13.3 Å². The Kier molecular flexibility index (Phi) is 7.79. The minimum absolute atomic E-state index is 0.255. The van der Waals surface area contributed by atoms with E-state index >= 15 is 0 Å². The molecule has 0 aliphatic carbocycles. The summed E-state index contributed by atoms with van der Waals surface area (Å²) in [7, 11) is 0. The third-order valence-electron chi connectivity index (χ3n) is 3.66. The van der Waals surface area contributed by atoms with E-state index in [0.29, 0.717) is 17.7 Å². The SMILES string of the molecule is CCCOC(=O)c1cccc(-c2ccccc2)c1.O=C(O)c1ccccc1. The number of ether oxygens (including phenoxy) is 1. The second-order valence-corrected chi connectivity index (χ2v) is 5.75. The van der Waals surface area contributed by atoms with Gasteiger partial charge < -0.3 is 9.84 Å². The third kappa shape index (κ3) is 6.44. The summed E-state index contributed by atoms with van der Waals surface area (Å²) in [5.74, 6) is -1.13. The lowest BCUT2D eigenvalue weighted by atomic mass is 10.0. The van der Waals surface area contributed by atoms with Crippen LogP contribution >= 0.6 is 0 Å². The van der Waals surface area contributed by atoms with Crippen LogP contribution in [0.1, 0.15) is 34.1 Å². The highest BCUT2D eigenvalue weighted by Gasteiger charge is 2.07. The Morgan fingerprint density at radius 1 is 0.778 bits per heavy atom. The minimum atomic E-state index is -0.879. The maximum Gasteiger partial charge on any atom is 0.338 e. The maximum absolute atomic E-state index is 11.8. The maximum atomic E-state index is 11.8. The van der Waals surface area contributed by atoms with Crippen molar-refractivity contribution in [2.75, 3.05) is 6.61 Å². The Balaban J connectivity index is 0.000000244. The predicted molar refractivity (Wildman–Crippen MR) is 106 cm³/mol. The largest absolute Gasteiger partial charge is 0.478 e. The van der Waals surface area contributed by atoms with E-state index in [9.17, 15) is 9.59 Å². The van der Waals surface area contributed by atoms with Crippen LogP contribution in [0.2, 0.25) is 0 Å². The molecule has 3 rings (SSSR count). The highest BCUT2D eigenvalue weighted by atomic mass is 16.5. The van der Waals surface area contributed by atoms with E-state index < -0.39 is 5.97 Å². The summed E-state index contributed by atoms with van der Waals surface area (Å²) >= 11 is 0. The fourth-order valence-corrected chi connectivity index (χ4v) is 2.32. The van der Waals surface area contributed by atoms with Crippen LogP contribution < -0.4 is 0 Å². The molecule has 0 bridgehead atoms. The molecule has 0 aliphatic rings. The number of carbonyl (C=O) groups excluding carboxylic acids is 1. The molecule has 0 spiro atoms. The van der Waals surface area contributed by atoms with Gasteiger partial charge in [0, 0.05) is 0 Å². The van der Waals surface area contributed by atoms with Gasteiger partial charge in [0.15, 0.2) is 0 Å². The molecule has 0 amide bonds. The summed E-state index contributed by atoms with van der Waals surface area (Å²) in [6.45, 7) is 2.45. The molecule has 0 atom stereocenters. The fourth-order valence-electron chi connectivity index (χ4n) is 2.32. The van der Waals surface area contributed by atoms with Crippen molar-refractivity contribution >= 4 is 11.9 Å². The fraction of sp³-hybridized carbons (Fsp3) is 0.130. The van der Waals surface area contributed by atoms with Crippen molar-refractivity contribution in [3.63, 3.8) is 0 Å². The molecule has 138 valence electrons. The summed E-state index contributed by atoms with van der Waals surface area (Å²) < 4.78 is 5.13. The zero-order chi connectivity index (χ0) is 19.5. The molecule has 1 N–H and O–H groups in total. The Morgan fingerprint density at radius 3 is 1.89 bits per heavy atom. The zero-order valence-corrected chi connectivity index (χ0v) is 15.2. The van der Waals surface area contributed by atoms with Crippen LogP contribution in [-0.4, -0.2) is 23.7 Å². The number of esters is 1. The highest BCUT2D eigenvalue weighted by Crippen LogP contribution is 2.20. The number of carbonyl (C=O) groups is 2. The van der Waals surface area contributed by atoms with Gasteiger partial charge in [-0.25, -0.2) is 9.59 Å². The first-order chi connectivity index (χ1) is 13.1. The number of hydrogen-bond acceptors (Lipinski definition) is 3. The van der Waals surface area contributed by atoms with Crippen LogP contribution in [0.3, 0.4) is 0 Å². The van der Waals surface area contributed by atoms with Crippen LogP contribution in [0, 0.1) is 0 Å². The van der Waals surface area contributed by atoms with E-state index in [1.807, 2.05) is 55.5 Å². The second kappa shape index (κ2) is 10.6. The molecule has 0 aliphatic heterocycles. The average Bonchev–Trinajstić information content (AvgIpc) is 2.74. The molecule has 3 aromatic rings. The van der Waals surface area contributed by atoms with Crippen LogP contribution in [0.25, 0.3) is 11.1 Å². The van der Waals surface area contributed by atoms with Gasteiger partial charge in [-0.3, -0.25) is 0 Å². The Hall–Kier alpha value is -3.40. The van der Waals surface area contributed by atoms with Crippen LogP contribution in [-0.2, 0) is 4.74 Å². The summed E-state index contributed by atoms with van der Waals surface area (Å²) in [5.41, 5.74) is 3.06. The molecule has 3 aromatic carbocycles. The van der Waals surface area contributed by atoms with Crippen LogP contribution in [0.15, 0.2) is 84.9 Å². The highest BCUT2D eigenvalue weighted by molar-refractivity contribution is 5.91. The number of carboxylic acids is 1. The Labute approximate surface area is 159 Å². The van der Waals surface area contributed by atoms with Crippen LogP contribution in [0.4, 0.5) is 0 Å². The van der Waals surface area contributed by atoms with Gasteiger partial charge in [0.2, 0.25) is 0 Å². The van der Waals surface area contributed by atoms with Gasteiger partial charge in [-0.2, -0.15) is 0 Å². The number of carboxylic acid groups (broad SMARTS) is 1. The molecule has 0 fully saturated rings. The van der Waals surface area contributed by atoms with E-state index in [2.05, 4.69) is 0 Å². The van der Waals surface area contributed by atoms with Crippen LogP contribution in [0.5, 0.6) is 0 Å². The summed E-state index contributed by atoms with van der Waals surface area (Å²) in [6.07, 6.45) is 0.837. The molecular weight excluding hydrogens is 340 g/mol. The van der Waals surface area contributed by atoms with Gasteiger partial charge in [0.25, 0.3) is 0 Å². The molecular formula is C23H22O4. The van der Waals surface area contributed by atoms with Crippen molar-refractivity contribution in [1.29, 1.82) is 0 Å². The van der Waals surface area contributed by atoms with Gasteiger partial charge >= 0.3 is 11.9 Å². The zero-order valence-electron chi connectivity index (χ0n) is 15.2. The molecule has 0 heterocycles. The summed E-state index contributed by atoms with van der Waals surface area (Å²) in [6, 6.07) is 25.8. The van der Waals surface area contributed by atoms with Crippen molar-refractivity contribution < 1.29 is 19.4 Å². The molecule has 0 saturated heterocycles. The van der Waals surface area contributed by atoms with Crippen molar-refractivity contribution in [3.8, 4) is 11.1 Å². The number of hydrogen-bond donors (Lipinski definition) is 1. The standard InChI is InChI=1S/C16H16O2.C7H6O2/c1-2-11-18-16(17)15-10-6-9-14(12-15)13-7-4-3-5-8-13;8-7(9)6-4-2-1-3-5-6/h3-10,12H,2,11H2,1H3;1-5H,(H,8,9). The first-order valence-corrected chi connectivity index (χ1v) is 8.72. The van der Waals surface area contributed by atoms with Gasteiger partial charge in [-0.05, 0) is 41.8 Å². The van der Waals surface area contributed by atoms with Gasteiger partial charge in [0.05, 0.1) is 17.7 Å². The average molecular weight is 362 g/mol. The predicted octanol–water partition coefficient (Wildman–Crippen LogP) is 5.31. The van der Waals surface area contributed by atoms with Gasteiger partial charge in [0.1, 0.15) is 0 Å². The number of benzene rings is 3. The second-order valence-electron chi connectivity index (χ2n) is 5.75. The lowest BCUT2D eigenvalue weighted by molar-refractivity contribution is 0.0504. The lowest BCUT2D eigenvalue weighted by Gasteiger charge is -2.05. The molecule has 27 heavy (non-hydrogen) atoms. The molecule has 4 heteroatoms.